The summed E-state index contributed by atoms with van der Waals surface area (Å²) < 4.78 is 0. The van der Waals surface area contributed by atoms with Gasteiger partial charge in [0.25, 0.3) is 0 Å². The fourth-order valence-corrected chi connectivity index (χ4v) is 4.81. The molecule has 2 atom stereocenters. The maximum Gasteiger partial charge on any atom is 0.312 e. The number of rotatable bonds is 16. The van der Waals surface area contributed by atoms with Gasteiger partial charge < -0.3 is 16.4 Å². The second-order valence-corrected chi connectivity index (χ2v) is 14.9. The van der Waals surface area contributed by atoms with E-state index < -0.39 is 23.4 Å². The van der Waals surface area contributed by atoms with Gasteiger partial charge in [0, 0.05) is 43.1 Å². The van der Waals surface area contributed by atoms with E-state index in [1.54, 1.807) is 20.8 Å². The molecule has 0 aromatic carbocycles. The first kappa shape index (κ1) is 36.8. The third kappa shape index (κ3) is 16.5. The van der Waals surface area contributed by atoms with Crippen molar-refractivity contribution in [3.8, 4) is 0 Å². The lowest BCUT2D eigenvalue weighted by Crippen LogP contribution is -2.49. The lowest BCUT2D eigenvalue weighted by Gasteiger charge is -2.30. The Kier molecular flexibility index (Phi) is 14.6. The Bertz CT molecular complexity index is 828. The standard InChI is InChI=1S/C31H57N3O5/c1-20(2)23(27(38)34-24(26(37)31(9,10)11)13-12-16-33-28(32)39)17-22(35)14-15-25(36)21(18-29(3,4)5)19-30(6,7)8/h20-21,23-24H,12-19H2,1-11H3,(H,34,38)(H3,32,33,39)/t23-,24-/m0/s1. The summed E-state index contributed by atoms with van der Waals surface area (Å²) in [5.74, 6) is -1.29. The van der Waals surface area contributed by atoms with Crippen LogP contribution in [0.25, 0.3) is 0 Å². The molecule has 0 bridgehead atoms. The number of nitrogens with two attached hydrogens (primary N) is 1. The average molecular weight is 552 g/mol. The van der Waals surface area contributed by atoms with Crippen LogP contribution in [0.15, 0.2) is 0 Å². The van der Waals surface area contributed by atoms with Crippen molar-refractivity contribution in [2.75, 3.05) is 6.54 Å². The summed E-state index contributed by atoms with van der Waals surface area (Å²) in [6, 6.07) is -1.38. The molecule has 39 heavy (non-hydrogen) atoms. The van der Waals surface area contributed by atoms with E-state index in [-0.39, 0.29) is 65.2 Å². The topological polar surface area (TPSA) is 135 Å². The molecule has 0 heterocycles. The minimum absolute atomic E-state index is 0.00729. The minimum Gasteiger partial charge on any atom is -0.352 e. The summed E-state index contributed by atoms with van der Waals surface area (Å²) in [7, 11) is 0. The van der Waals surface area contributed by atoms with Crippen LogP contribution in [-0.4, -0.2) is 41.9 Å². The second kappa shape index (κ2) is 15.5. The van der Waals surface area contributed by atoms with Gasteiger partial charge in [-0.15, -0.1) is 0 Å². The first-order valence-electron chi connectivity index (χ1n) is 14.5. The van der Waals surface area contributed by atoms with Crippen molar-refractivity contribution in [1.29, 1.82) is 0 Å². The summed E-state index contributed by atoms with van der Waals surface area (Å²) in [5.41, 5.74) is 4.46. The molecule has 0 unspecified atom stereocenters. The van der Waals surface area contributed by atoms with Crippen LogP contribution in [-0.2, 0) is 19.2 Å². The van der Waals surface area contributed by atoms with Gasteiger partial charge in [-0.1, -0.05) is 76.2 Å². The van der Waals surface area contributed by atoms with Gasteiger partial charge in [-0.25, -0.2) is 4.79 Å². The van der Waals surface area contributed by atoms with Gasteiger partial charge in [0.05, 0.1) is 6.04 Å². The van der Waals surface area contributed by atoms with E-state index in [4.69, 9.17) is 5.73 Å². The highest BCUT2D eigenvalue weighted by Crippen LogP contribution is 2.34. The SMILES string of the molecule is CC(C)[C@H](CC(=O)CCC(=O)C(CC(C)(C)C)CC(C)(C)C)C(=O)N[C@@H](CCCNC(N)=O)C(=O)C(C)(C)C. The number of hydrogen-bond acceptors (Lipinski definition) is 5. The number of hydrogen-bond donors (Lipinski definition) is 3. The van der Waals surface area contributed by atoms with Gasteiger partial charge in [-0.3, -0.25) is 19.2 Å². The van der Waals surface area contributed by atoms with Gasteiger partial charge >= 0.3 is 6.03 Å². The number of urea groups is 1. The number of Topliss-reactive ketones (excluding diaryl/α,β-unsaturated/α-hetero) is 3. The summed E-state index contributed by atoms with van der Waals surface area (Å²) in [4.78, 5) is 63.4. The fourth-order valence-electron chi connectivity index (χ4n) is 4.81. The van der Waals surface area contributed by atoms with E-state index in [2.05, 4.69) is 52.2 Å². The van der Waals surface area contributed by atoms with E-state index in [1.165, 1.54) is 0 Å². The maximum atomic E-state index is 13.3. The second-order valence-electron chi connectivity index (χ2n) is 14.9. The Balaban J connectivity index is 5.36. The van der Waals surface area contributed by atoms with Gasteiger partial charge in [0.1, 0.15) is 11.6 Å². The lowest BCUT2D eigenvalue weighted by atomic mass is 9.74. The zero-order chi connectivity index (χ0) is 30.8. The average Bonchev–Trinajstić information content (AvgIpc) is 2.73. The van der Waals surface area contributed by atoms with Crippen molar-refractivity contribution in [3.63, 3.8) is 0 Å². The fraction of sp³-hybridized carbons (Fsp3) is 0.839. The van der Waals surface area contributed by atoms with Crippen LogP contribution in [0.5, 0.6) is 0 Å². The van der Waals surface area contributed by atoms with Crippen LogP contribution in [0.1, 0.15) is 121 Å². The molecule has 0 fully saturated rings. The van der Waals surface area contributed by atoms with Crippen LogP contribution >= 0.6 is 0 Å². The number of carbonyl (C=O) groups is 5. The zero-order valence-corrected chi connectivity index (χ0v) is 26.6. The predicted octanol–water partition coefficient (Wildman–Crippen LogP) is 5.60. The van der Waals surface area contributed by atoms with E-state index >= 15 is 0 Å². The first-order chi connectivity index (χ1) is 17.5. The zero-order valence-electron chi connectivity index (χ0n) is 26.6. The van der Waals surface area contributed by atoms with Gasteiger partial charge in [0.2, 0.25) is 5.91 Å². The van der Waals surface area contributed by atoms with E-state index in [9.17, 15) is 24.0 Å². The molecule has 8 heteroatoms. The Hall–Kier alpha value is -2.25. The Morgan fingerprint density at radius 2 is 1.31 bits per heavy atom. The number of amides is 3. The summed E-state index contributed by atoms with van der Waals surface area (Å²) in [6.45, 7) is 22.2. The molecule has 0 rings (SSSR count). The highest BCUT2D eigenvalue weighted by molar-refractivity contribution is 5.94. The molecule has 0 radical (unpaired) electrons. The third-order valence-electron chi connectivity index (χ3n) is 6.75. The molecule has 0 aliphatic rings. The minimum atomic E-state index is -0.735. The van der Waals surface area contributed by atoms with Crippen LogP contribution in [0, 0.1) is 34.0 Å². The number of nitrogens with one attached hydrogen (secondary N) is 2. The van der Waals surface area contributed by atoms with E-state index in [1.807, 2.05) is 13.8 Å². The van der Waals surface area contributed by atoms with E-state index in [0.717, 1.165) is 12.8 Å². The van der Waals surface area contributed by atoms with Crippen molar-refractivity contribution < 1.29 is 24.0 Å². The highest BCUT2D eigenvalue weighted by atomic mass is 16.2. The normalized spacial score (nSPS) is 14.2. The van der Waals surface area contributed by atoms with Crippen LogP contribution in [0.4, 0.5) is 4.79 Å². The van der Waals surface area contributed by atoms with Crippen LogP contribution < -0.4 is 16.4 Å². The molecule has 0 saturated carbocycles. The van der Waals surface area contributed by atoms with Crippen LogP contribution in [0.2, 0.25) is 0 Å². The number of ketones is 3. The Morgan fingerprint density at radius 3 is 1.72 bits per heavy atom. The Morgan fingerprint density at radius 1 is 0.795 bits per heavy atom. The summed E-state index contributed by atoms with van der Waals surface area (Å²) in [5, 5.41) is 5.38. The molecule has 4 N–H and O–H groups in total. The molecule has 0 saturated heterocycles. The van der Waals surface area contributed by atoms with Crippen molar-refractivity contribution >= 4 is 29.3 Å². The van der Waals surface area contributed by atoms with E-state index in [0.29, 0.717) is 19.4 Å². The largest absolute Gasteiger partial charge is 0.352 e. The molecule has 0 aliphatic carbocycles. The van der Waals surface area contributed by atoms with Crippen LogP contribution in [0.3, 0.4) is 0 Å². The van der Waals surface area contributed by atoms with Gasteiger partial charge in [-0.05, 0) is 42.4 Å². The number of carbonyl (C=O) groups excluding carboxylic acids is 5. The summed E-state index contributed by atoms with van der Waals surface area (Å²) in [6.07, 6.45) is 2.67. The maximum absolute atomic E-state index is 13.3. The smallest absolute Gasteiger partial charge is 0.312 e. The molecule has 0 spiro atoms. The van der Waals surface area contributed by atoms with Crippen molar-refractivity contribution in [3.05, 3.63) is 0 Å². The van der Waals surface area contributed by atoms with Crippen molar-refractivity contribution in [2.24, 2.45) is 39.7 Å². The quantitative estimate of drug-likeness (QED) is 0.214. The molecule has 226 valence electrons. The van der Waals surface area contributed by atoms with Crippen molar-refractivity contribution in [2.45, 2.75) is 127 Å². The van der Waals surface area contributed by atoms with Gasteiger partial charge in [-0.2, -0.15) is 0 Å². The molecule has 3 amide bonds. The predicted molar refractivity (Wildman–Crippen MR) is 157 cm³/mol. The first-order valence-corrected chi connectivity index (χ1v) is 14.5. The van der Waals surface area contributed by atoms with Crippen molar-refractivity contribution in [1.82, 2.24) is 10.6 Å². The number of primary amides is 1. The summed E-state index contributed by atoms with van der Waals surface area (Å²) >= 11 is 0. The Labute approximate surface area is 237 Å². The molecular weight excluding hydrogens is 494 g/mol. The molecule has 8 nitrogen and oxygen atoms in total. The molecule has 0 aliphatic heterocycles. The third-order valence-corrected chi connectivity index (χ3v) is 6.75. The van der Waals surface area contributed by atoms with Gasteiger partial charge in [0.15, 0.2) is 5.78 Å². The molecule has 0 aromatic heterocycles. The lowest BCUT2D eigenvalue weighted by molar-refractivity contribution is -0.136. The molecular formula is C31H57N3O5. The molecule has 0 aromatic rings. The monoisotopic (exact) mass is 551 g/mol. The highest BCUT2D eigenvalue weighted by Gasteiger charge is 2.34.